The summed E-state index contributed by atoms with van der Waals surface area (Å²) in [5, 5.41) is 14.7. The van der Waals surface area contributed by atoms with Gasteiger partial charge in [0.2, 0.25) is 0 Å². The SMILES string of the molecule is c1ccc2c(c1)ccc1c2c2ccccc2n1-c1nc2ccccc2nc1-n1c2ccccc2c2cc3c4ccccc4n4c5c6ccccc6ccc5c(c21)c34. The van der Waals surface area contributed by atoms with Gasteiger partial charge in [-0.2, -0.15) is 0 Å². The van der Waals surface area contributed by atoms with E-state index >= 15 is 0 Å². The number of hydrogen-bond acceptors (Lipinski definition) is 2. The van der Waals surface area contributed by atoms with E-state index in [1.54, 1.807) is 0 Å². The van der Waals surface area contributed by atoms with Gasteiger partial charge in [-0.05, 0) is 58.6 Å². The number of rotatable bonds is 2. The maximum Gasteiger partial charge on any atom is 0.182 e. The Hall–Kier alpha value is -7.76. The minimum Gasteiger partial charge on any atom is -0.307 e. The van der Waals surface area contributed by atoms with Gasteiger partial charge in [0.05, 0.1) is 49.7 Å². The second kappa shape index (κ2) is 10.5. The molecule has 0 amide bonds. The normalized spacial score (nSPS) is 12.6. The fourth-order valence-corrected chi connectivity index (χ4v) is 10.2. The number of fused-ring (bicyclic) bond motifs is 18. The number of hydrogen-bond donors (Lipinski definition) is 0. The summed E-state index contributed by atoms with van der Waals surface area (Å²) in [6, 6.07) is 63.7. The molecule has 5 heteroatoms. The first-order valence-corrected chi connectivity index (χ1v) is 19.5. The molecule has 262 valence electrons. The number of benzene rings is 9. The predicted molar refractivity (Wildman–Crippen MR) is 238 cm³/mol. The number of aromatic nitrogens is 5. The molecule has 14 rings (SSSR count). The fraction of sp³-hybridized carbons (Fsp3) is 0. The molecule has 0 saturated carbocycles. The van der Waals surface area contributed by atoms with Crippen LogP contribution in [0.1, 0.15) is 0 Å². The summed E-state index contributed by atoms with van der Waals surface area (Å²) in [5.74, 6) is 1.59. The third kappa shape index (κ3) is 3.64. The molecule has 57 heavy (non-hydrogen) atoms. The Labute approximate surface area is 324 Å². The van der Waals surface area contributed by atoms with Crippen molar-refractivity contribution in [2.24, 2.45) is 0 Å². The molecule has 0 atom stereocenters. The quantitative estimate of drug-likeness (QED) is 0.178. The molecular weight excluding hydrogens is 695 g/mol. The van der Waals surface area contributed by atoms with Crippen molar-refractivity contribution in [2.75, 3.05) is 0 Å². The third-order valence-electron chi connectivity index (χ3n) is 12.5. The van der Waals surface area contributed by atoms with Crippen molar-refractivity contribution in [3.05, 3.63) is 176 Å². The lowest BCUT2D eigenvalue weighted by molar-refractivity contribution is 0.998. The molecule has 0 aliphatic carbocycles. The van der Waals surface area contributed by atoms with E-state index in [1.807, 2.05) is 0 Å². The highest BCUT2D eigenvalue weighted by atomic mass is 15.2. The highest BCUT2D eigenvalue weighted by Crippen LogP contribution is 2.48. The van der Waals surface area contributed by atoms with Crippen molar-refractivity contribution in [2.45, 2.75) is 0 Å². The van der Waals surface area contributed by atoms with Crippen molar-refractivity contribution in [3.8, 4) is 11.6 Å². The lowest BCUT2D eigenvalue weighted by Gasteiger charge is -2.16. The van der Waals surface area contributed by atoms with E-state index in [9.17, 15) is 0 Å². The molecule has 14 aromatic rings. The van der Waals surface area contributed by atoms with Crippen LogP contribution in [-0.2, 0) is 0 Å². The molecular formula is C52H29N5. The van der Waals surface area contributed by atoms with Gasteiger partial charge in [0.25, 0.3) is 0 Å². The molecule has 0 saturated heterocycles. The van der Waals surface area contributed by atoms with E-state index in [4.69, 9.17) is 9.97 Å². The number of para-hydroxylation sites is 5. The molecule has 0 fully saturated rings. The zero-order chi connectivity index (χ0) is 36.9. The first kappa shape index (κ1) is 29.6. The van der Waals surface area contributed by atoms with Crippen LogP contribution in [0.25, 0.3) is 126 Å². The highest BCUT2D eigenvalue weighted by Gasteiger charge is 2.28. The number of nitrogens with zero attached hydrogens (tertiary/aromatic N) is 5. The topological polar surface area (TPSA) is 40.0 Å². The van der Waals surface area contributed by atoms with Crippen molar-refractivity contribution >= 4 is 114 Å². The van der Waals surface area contributed by atoms with E-state index in [-0.39, 0.29) is 0 Å². The van der Waals surface area contributed by atoms with Gasteiger partial charge in [0.1, 0.15) is 0 Å². The maximum absolute atomic E-state index is 5.64. The van der Waals surface area contributed by atoms with Crippen LogP contribution in [0.5, 0.6) is 0 Å². The Morgan fingerprint density at radius 3 is 1.58 bits per heavy atom. The van der Waals surface area contributed by atoms with Crippen molar-refractivity contribution in [1.29, 1.82) is 0 Å². The van der Waals surface area contributed by atoms with Gasteiger partial charge in [-0.1, -0.05) is 133 Å². The Bertz CT molecular complexity index is 4050. The van der Waals surface area contributed by atoms with Crippen LogP contribution in [-0.4, -0.2) is 23.5 Å². The molecule has 0 radical (unpaired) electrons. The van der Waals surface area contributed by atoms with E-state index in [2.05, 4.69) is 189 Å². The van der Waals surface area contributed by atoms with E-state index < -0.39 is 0 Å². The fourth-order valence-electron chi connectivity index (χ4n) is 10.2. The second-order valence-corrected chi connectivity index (χ2v) is 15.3. The molecule has 5 nitrogen and oxygen atoms in total. The molecule has 0 aliphatic rings. The monoisotopic (exact) mass is 723 g/mol. The lowest BCUT2D eigenvalue weighted by atomic mass is 10.0. The molecule has 0 aliphatic heterocycles. The van der Waals surface area contributed by atoms with Gasteiger partial charge in [-0.25, -0.2) is 9.97 Å². The Morgan fingerprint density at radius 2 is 0.825 bits per heavy atom. The van der Waals surface area contributed by atoms with Gasteiger partial charge in [0, 0.05) is 48.5 Å². The molecule has 5 aromatic heterocycles. The van der Waals surface area contributed by atoms with Crippen molar-refractivity contribution < 1.29 is 0 Å². The van der Waals surface area contributed by atoms with Crippen LogP contribution in [0.2, 0.25) is 0 Å². The van der Waals surface area contributed by atoms with Gasteiger partial charge in [0.15, 0.2) is 11.6 Å². The molecule has 0 unspecified atom stereocenters. The van der Waals surface area contributed by atoms with Crippen LogP contribution in [0, 0.1) is 0 Å². The predicted octanol–water partition coefficient (Wildman–Crippen LogP) is 13.3. The van der Waals surface area contributed by atoms with Crippen LogP contribution in [0.3, 0.4) is 0 Å². The summed E-state index contributed by atoms with van der Waals surface area (Å²) < 4.78 is 7.29. The van der Waals surface area contributed by atoms with Gasteiger partial charge in [-0.15, -0.1) is 0 Å². The molecule has 9 aromatic carbocycles. The van der Waals surface area contributed by atoms with E-state index in [1.165, 1.54) is 81.2 Å². The highest BCUT2D eigenvalue weighted by molar-refractivity contribution is 6.36. The van der Waals surface area contributed by atoms with Crippen molar-refractivity contribution in [3.63, 3.8) is 0 Å². The minimum absolute atomic E-state index is 0.794. The van der Waals surface area contributed by atoms with E-state index in [0.717, 1.165) is 44.7 Å². The molecule has 0 spiro atoms. The smallest absolute Gasteiger partial charge is 0.182 e. The summed E-state index contributed by atoms with van der Waals surface area (Å²) in [4.78, 5) is 11.2. The lowest BCUT2D eigenvalue weighted by Crippen LogP contribution is -2.09. The van der Waals surface area contributed by atoms with Crippen molar-refractivity contribution in [1.82, 2.24) is 23.5 Å². The summed E-state index contributed by atoms with van der Waals surface area (Å²) >= 11 is 0. The Kier molecular flexibility index (Phi) is 5.45. The third-order valence-corrected chi connectivity index (χ3v) is 12.5. The van der Waals surface area contributed by atoms with Crippen LogP contribution in [0.15, 0.2) is 176 Å². The second-order valence-electron chi connectivity index (χ2n) is 15.3. The molecule has 0 bridgehead atoms. The first-order chi connectivity index (χ1) is 28.3. The standard InChI is InChI=1S/C52H29N5/c1-3-15-32-30(13-1)26-28-45-46(32)36-19-7-12-24-44(36)55(45)51-52(54-41-21-9-8-20-40(41)53-51)57-43-23-11-6-18-35(43)39-29-38-34-17-5-10-22-42(34)56-48-33-16-4-2-14-31(33)25-27-37(48)47(49(38)56)50(39)57/h1-29H. The largest absolute Gasteiger partial charge is 0.307 e. The summed E-state index contributed by atoms with van der Waals surface area (Å²) in [5.41, 5.74) is 9.83. The van der Waals surface area contributed by atoms with Gasteiger partial charge in [-0.3, -0.25) is 9.13 Å². The molecule has 0 N–H and O–H groups in total. The summed E-state index contributed by atoms with van der Waals surface area (Å²) in [6.45, 7) is 0. The minimum atomic E-state index is 0.794. The Balaban J connectivity index is 1.24. The van der Waals surface area contributed by atoms with Gasteiger partial charge < -0.3 is 4.40 Å². The Morgan fingerprint density at radius 1 is 0.298 bits per heavy atom. The van der Waals surface area contributed by atoms with E-state index in [0.29, 0.717) is 0 Å². The molecule has 5 heterocycles. The average Bonchev–Trinajstić information content (AvgIpc) is 4.00. The zero-order valence-electron chi connectivity index (χ0n) is 30.5. The zero-order valence-corrected chi connectivity index (χ0v) is 30.5. The summed E-state index contributed by atoms with van der Waals surface area (Å²) in [7, 11) is 0. The average molecular weight is 724 g/mol. The van der Waals surface area contributed by atoms with Crippen LogP contribution >= 0.6 is 0 Å². The van der Waals surface area contributed by atoms with Gasteiger partial charge >= 0.3 is 0 Å². The van der Waals surface area contributed by atoms with Crippen LogP contribution in [0.4, 0.5) is 0 Å². The van der Waals surface area contributed by atoms with Crippen LogP contribution < -0.4 is 0 Å². The first-order valence-electron chi connectivity index (χ1n) is 19.5. The maximum atomic E-state index is 5.64. The summed E-state index contributed by atoms with van der Waals surface area (Å²) in [6.07, 6.45) is 0.